The van der Waals surface area contributed by atoms with Gasteiger partial charge < -0.3 is 0 Å². The number of hydrogen-bond acceptors (Lipinski definition) is 0. The molecule has 0 unspecified atom stereocenters. The van der Waals surface area contributed by atoms with Gasteiger partial charge in [0, 0.05) is 0 Å². The molecule has 0 aliphatic heterocycles. The van der Waals surface area contributed by atoms with Crippen LogP contribution in [0.2, 0.25) is 0 Å². The monoisotopic (exact) mass is 202 g/mol. The summed E-state index contributed by atoms with van der Waals surface area (Å²) in [6.45, 7) is 12.1. The Kier molecular flexibility index (Phi) is 7.35. The van der Waals surface area contributed by atoms with Crippen LogP contribution in [0.1, 0.15) is 39.7 Å². The summed E-state index contributed by atoms with van der Waals surface area (Å²) in [4.78, 5) is 0. The van der Waals surface area contributed by atoms with Crippen molar-refractivity contribution in [3.63, 3.8) is 0 Å². The fourth-order valence-corrected chi connectivity index (χ4v) is 1.35. The van der Waals surface area contributed by atoms with Crippen LogP contribution in [-0.2, 0) is 0 Å². The van der Waals surface area contributed by atoms with Gasteiger partial charge in [-0.2, -0.15) is 0 Å². The van der Waals surface area contributed by atoms with E-state index < -0.39 is 0 Å². The standard InChI is InChI=1S/C13H16.C2H6/c1-4-12(10-11(2)3)13-8-6-5-7-9-13;1-2/h4-9H,2,10H2,1,3H3;1-2H3/b12-4+;. The topological polar surface area (TPSA) is 0 Å². The smallest absolute Gasteiger partial charge is 0.00699 e. The first-order chi connectivity index (χ1) is 7.24. The van der Waals surface area contributed by atoms with Crippen molar-refractivity contribution in [1.82, 2.24) is 0 Å². The van der Waals surface area contributed by atoms with Crippen molar-refractivity contribution in [2.75, 3.05) is 0 Å². The summed E-state index contributed by atoms with van der Waals surface area (Å²) >= 11 is 0. The van der Waals surface area contributed by atoms with Crippen molar-refractivity contribution in [2.24, 2.45) is 0 Å². The van der Waals surface area contributed by atoms with E-state index in [0.717, 1.165) is 6.42 Å². The third-order valence-electron chi connectivity index (χ3n) is 1.99. The lowest BCUT2D eigenvalue weighted by molar-refractivity contribution is 1.23. The molecule has 0 amide bonds. The molecule has 0 nitrogen and oxygen atoms in total. The minimum atomic E-state index is 0.973. The Morgan fingerprint density at radius 1 is 1.20 bits per heavy atom. The van der Waals surface area contributed by atoms with Gasteiger partial charge in [0.25, 0.3) is 0 Å². The molecular formula is C15H22. The minimum absolute atomic E-state index is 0.973. The van der Waals surface area contributed by atoms with Crippen molar-refractivity contribution in [3.8, 4) is 0 Å². The highest BCUT2D eigenvalue weighted by molar-refractivity contribution is 5.66. The van der Waals surface area contributed by atoms with E-state index in [1.54, 1.807) is 0 Å². The van der Waals surface area contributed by atoms with E-state index in [4.69, 9.17) is 0 Å². The van der Waals surface area contributed by atoms with Crippen LogP contribution in [-0.4, -0.2) is 0 Å². The molecule has 0 saturated heterocycles. The van der Waals surface area contributed by atoms with E-state index in [-0.39, 0.29) is 0 Å². The van der Waals surface area contributed by atoms with Gasteiger partial charge in [0.15, 0.2) is 0 Å². The molecule has 82 valence electrons. The van der Waals surface area contributed by atoms with Gasteiger partial charge in [-0.05, 0) is 31.4 Å². The van der Waals surface area contributed by atoms with Crippen molar-refractivity contribution in [1.29, 1.82) is 0 Å². The Morgan fingerprint density at radius 2 is 1.73 bits per heavy atom. The van der Waals surface area contributed by atoms with Gasteiger partial charge in [-0.3, -0.25) is 0 Å². The summed E-state index contributed by atoms with van der Waals surface area (Å²) in [6.07, 6.45) is 3.13. The molecule has 0 heterocycles. The molecule has 1 aromatic carbocycles. The third kappa shape index (κ3) is 5.21. The SMILES string of the molecule is C=C(C)C/C(=C\C)c1ccccc1.CC. The van der Waals surface area contributed by atoms with Crippen LogP contribution >= 0.6 is 0 Å². The highest BCUT2D eigenvalue weighted by atomic mass is 14.0. The summed E-state index contributed by atoms with van der Waals surface area (Å²) in [5.74, 6) is 0. The Morgan fingerprint density at radius 3 is 2.13 bits per heavy atom. The second-order valence-electron chi connectivity index (χ2n) is 3.31. The van der Waals surface area contributed by atoms with Crippen molar-refractivity contribution < 1.29 is 0 Å². The molecular weight excluding hydrogens is 180 g/mol. The first kappa shape index (κ1) is 13.7. The molecule has 0 aromatic heterocycles. The lowest BCUT2D eigenvalue weighted by atomic mass is 10.00. The van der Waals surface area contributed by atoms with Gasteiger partial charge in [-0.15, -0.1) is 0 Å². The van der Waals surface area contributed by atoms with Gasteiger partial charge in [-0.25, -0.2) is 0 Å². The Labute approximate surface area is 94.3 Å². The molecule has 0 saturated carbocycles. The van der Waals surface area contributed by atoms with Crippen LogP contribution in [0.25, 0.3) is 5.57 Å². The van der Waals surface area contributed by atoms with E-state index in [0.29, 0.717) is 0 Å². The zero-order chi connectivity index (χ0) is 11.7. The zero-order valence-electron chi connectivity index (χ0n) is 10.4. The van der Waals surface area contributed by atoms with E-state index >= 15 is 0 Å². The highest BCUT2D eigenvalue weighted by Crippen LogP contribution is 2.20. The third-order valence-corrected chi connectivity index (χ3v) is 1.99. The Bertz CT molecular complexity index is 304. The molecule has 0 bridgehead atoms. The Balaban J connectivity index is 0.000000921. The van der Waals surface area contributed by atoms with Crippen LogP contribution in [0.5, 0.6) is 0 Å². The number of rotatable bonds is 3. The first-order valence-electron chi connectivity index (χ1n) is 5.59. The van der Waals surface area contributed by atoms with Crippen molar-refractivity contribution >= 4 is 5.57 Å². The number of benzene rings is 1. The van der Waals surface area contributed by atoms with Gasteiger partial charge in [0.1, 0.15) is 0 Å². The van der Waals surface area contributed by atoms with Gasteiger partial charge in [-0.1, -0.05) is 62.4 Å². The summed E-state index contributed by atoms with van der Waals surface area (Å²) in [6, 6.07) is 10.4. The number of hydrogen-bond donors (Lipinski definition) is 0. The average molecular weight is 202 g/mol. The molecule has 15 heavy (non-hydrogen) atoms. The summed E-state index contributed by atoms with van der Waals surface area (Å²) in [5, 5.41) is 0. The van der Waals surface area contributed by atoms with E-state index in [2.05, 4.69) is 50.8 Å². The summed E-state index contributed by atoms with van der Waals surface area (Å²) in [7, 11) is 0. The molecule has 1 aromatic rings. The fourth-order valence-electron chi connectivity index (χ4n) is 1.35. The van der Waals surface area contributed by atoms with Crippen LogP contribution in [0.15, 0.2) is 48.6 Å². The van der Waals surface area contributed by atoms with E-state index in [1.165, 1.54) is 16.7 Å². The quantitative estimate of drug-likeness (QED) is 0.599. The zero-order valence-corrected chi connectivity index (χ0v) is 10.4. The molecule has 0 radical (unpaired) electrons. The second-order valence-corrected chi connectivity index (χ2v) is 3.31. The predicted molar refractivity (Wildman–Crippen MR) is 70.9 cm³/mol. The molecule has 0 heteroatoms. The highest BCUT2D eigenvalue weighted by Gasteiger charge is 1.98. The molecule has 0 N–H and O–H groups in total. The molecule has 0 spiro atoms. The molecule has 0 atom stereocenters. The van der Waals surface area contributed by atoms with E-state index in [9.17, 15) is 0 Å². The molecule has 0 aliphatic rings. The summed E-state index contributed by atoms with van der Waals surface area (Å²) in [5.41, 5.74) is 3.86. The maximum absolute atomic E-state index is 3.93. The maximum Gasteiger partial charge on any atom is -0.00699 e. The van der Waals surface area contributed by atoms with Crippen LogP contribution in [0, 0.1) is 0 Å². The lowest BCUT2D eigenvalue weighted by Gasteiger charge is -2.06. The lowest BCUT2D eigenvalue weighted by Crippen LogP contribution is -1.84. The van der Waals surface area contributed by atoms with Crippen LogP contribution in [0.3, 0.4) is 0 Å². The predicted octanol–water partition coefficient (Wildman–Crippen LogP) is 5.08. The van der Waals surface area contributed by atoms with Gasteiger partial charge >= 0.3 is 0 Å². The van der Waals surface area contributed by atoms with Crippen molar-refractivity contribution in [3.05, 3.63) is 54.1 Å². The van der Waals surface area contributed by atoms with Crippen LogP contribution < -0.4 is 0 Å². The first-order valence-corrected chi connectivity index (χ1v) is 5.59. The molecule has 0 fully saturated rings. The van der Waals surface area contributed by atoms with E-state index in [1.807, 2.05) is 19.9 Å². The second kappa shape index (κ2) is 8.05. The molecule has 1 rings (SSSR count). The summed E-state index contributed by atoms with van der Waals surface area (Å²) < 4.78 is 0. The van der Waals surface area contributed by atoms with Gasteiger partial charge in [0.2, 0.25) is 0 Å². The van der Waals surface area contributed by atoms with Gasteiger partial charge in [0.05, 0.1) is 0 Å². The normalized spacial score (nSPS) is 10.3. The molecule has 0 aliphatic carbocycles. The number of allylic oxidation sites excluding steroid dienone is 3. The van der Waals surface area contributed by atoms with Crippen molar-refractivity contribution in [2.45, 2.75) is 34.1 Å². The minimum Gasteiger partial charge on any atom is -0.0998 e. The largest absolute Gasteiger partial charge is 0.0998 e. The van der Waals surface area contributed by atoms with Crippen LogP contribution in [0.4, 0.5) is 0 Å². The fraction of sp³-hybridized carbons (Fsp3) is 0.333. The Hall–Kier alpha value is -1.30. The average Bonchev–Trinajstić information content (AvgIpc) is 2.29. The maximum atomic E-state index is 3.93.